The highest BCUT2D eigenvalue weighted by molar-refractivity contribution is 7.13. The van der Waals surface area contributed by atoms with Gasteiger partial charge in [0.2, 0.25) is 5.13 Å². The smallest absolute Gasteiger partial charge is 0.203 e. The molecule has 0 aliphatic carbocycles. The summed E-state index contributed by atoms with van der Waals surface area (Å²) in [5.74, 6) is 1.49. The van der Waals surface area contributed by atoms with Crippen molar-refractivity contribution >= 4 is 22.7 Å². The molecule has 7 nitrogen and oxygen atoms in total. The number of ether oxygens (including phenoxy) is 3. The highest BCUT2D eigenvalue weighted by Gasteiger charge is 2.11. The van der Waals surface area contributed by atoms with Crippen LogP contribution in [0.15, 0.2) is 28.7 Å². The molecule has 2 aromatic rings. The van der Waals surface area contributed by atoms with Gasteiger partial charge in [-0.1, -0.05) is 0 Å². The van der Waals surface area contributed by atoms with Gasteiger partial charge < -0.3 is 14.2 Å². The van der Waals surface area contributed by atoms with E-state index in [1.165, 1.54) is 11.3 Å². The zero-order valence-electron chi connectivity index (χ0n) is 15.8. The molecule has 1 N–H and O–H groups in total. The van der Waals surface area contributed by atoms with Crippen LogP contribution in [-0.4, -0.2) is 62.2 Å². The van der Waals surface area contributed by atoms with Crippen molar-refractivity contribution in [1.82, 2.24) is 9.88 Å². The second-order valence-corrected chi connectivity index (χ2v) is 6.96. The second-order valence-electron chi connectivity index (χ2n) is 6.11. The number of morpholine rings is 1. The van der Waals surface area contributed by atoms with Crippen LogP contribution < -0.4 is 14.9 Å². The average Bonchev–Trinajstić information content (AvgIpc) is 3.10. The maximum absolute atomic E-state index is 5.95. The first-order valence-electron chi connectivity index (χ1n) is 9.15. The summed E-state index contributed by atoms with van der Waals surface area (Å²) in [7, 11) is 0. The predicted octanol–water partition coefficient (Wildman–Crippen LogP) is 3.01. The number of aromatic nitrogens is 1. The number of hydrazone groups is 1. The van der Waals surface area contributed by atoms with E-state index in [4.69, 9.17) is 14.2 Å². The van der Waals surface area contributed by atoms with Gasteiger partial charge in [-0.05, 0) is 37.6 Å². The fourth-order valence-corrected chi connectivity index (χ4v) is 3.31. The Morgan fingerprint density at radius 1 is 1.30 bits per heavy atom. The van der Waals surface area contributed by atoms with E-state index in [1.807, 2.05) is 37.4 Å². The van der Waals surface area contributed by atoms with Crippen LogP contribution in [0.4, 0.5) is 5.13 Å². The third kappa shape index (κ3) is 6.20. The fourth-order valence-electron chi connectivity index (χ4n) is 2.67. The maximum atomic E-state index is 5.95. The molecule has 0 atom stereocenters. The summed E-state index contributed by atoms with van der Waals surface area (Å²) in [5, 5.41) is 6.99. The van der Waals surface area contributed by atoms with Crippen molar-refractivity contribution in [3.8, 4) is 11.5 Å². The van der Waals surface area contributed by atoms with Crippen LogP contribution in [0.25, 0.3) is 0 Å². The predicted molar refractivity (Wildman–Crippen MR) is 108 cm³/mol. The largest absolute Gasteiger partial charge is 0.490 e. The minimum Gasteiger partial charge on any atom is -0.490 e. The molecule has 1 aliphatic heterocycles. The zero-order valence-corrected chi connectivity index (χ0v) is 16.6. The Morgan fingerprint density at radius 2 is 2.15 bits per heavy atom. The minimum absolute atomic E-state index is 0.580. The first-order chi connectivity index (χ1) is 13.2. The Labute approximate surface area is 164 Å². The summed E-state index contributed by atoms with van der Waals surface area (Å²) in [6, 6.07) is 5.83. The van der Waals surface area contributed by atoms with E-state index in [2.05, 4.69) is 20.4 Å². The van der Waals surface area contributed by atoms with Gasteiger partial charge in [0.05, 0.1) is 31.7 Å². The van der Waals surface area contributed by atoms with Gasteiger partial charge in [0, 0.05) is 25.0 Å². The molecule has 3 rings (SSSR count). The van der Waals surface area contributed by atoms with Crippen molar-refractivity contribution in [3.05, 3.63) is 34.8 Å². The standard InChI is InChI=1S/C19H26N4O3S/c1-3-25-18-12-16(13-20-22-19-21-15(2)14-27-19)4-5-17(18)26-11-8-23-6-9-24-10-7-23/h4-5,12-14H,3,6-11H2,1-2H3,(H,21,22). The van der Waals surface area contributed by atoms with Gasteiger partial charge in [-0.15, -0.1) is 11.3 Å². The fraction of sp³-hybridized carbons (Fsp3) is 0.474. The lowest BCUT2D eigenvalue weighted by Gasteiger charge is -2.26. The van der Waals surface area contributed by atoms with Crippen molar-refractivity contribution in [1.29, 1.82) is 0 Å². The van der Waals surface area contributed by atoms with Crippen molar-refractivity contribution in [2.75, 3.05) is 51.5 Å². The molecule has 1 aromatic carbocycles. The monoisotopic (exact) mass is 390 g/mol. The maximum Gasteiger partial charge on any atom is 0.203 e. The molecule has 2 heterocycles. The lowest BCUT2D eigenvalue weighted by atomic mass is 10.2. The number of thiazole rings is 1. The molecule has 0 saturated carbocycles. The second kappa shape index (κ2) is 10.2. The molecule has 0 radical (unpaired) electrons. The molecule has 1 fully saturated rings. The van der Waals surface area contributed by atoms with Crippen LogP contribution in [0.5, 0.6) is 11.5 Å². The third-order valence-electron chi connectivity index (χ3n) is 4.03. The molecule has 0 amide bonds. The normalized spacial score (nSPS) is 15.2. The van der Waals surface area contributed by atoms with Crippen LogP contribution in [0.2, 0.25) is 0 Å². The van der Waals surface area contributed by atoms with E-state index < -0.39 is 0 Å². The molecule has 0 spiro atoms. The molecule has 27 heavy (non-hydrogen) atoms. The van der Waals surface area contributed by atoms with Gasteiger partial charge in [0.1, 0.15) is 6.61 Å². The topological polar surface area (TPSA) is 68.2 Å². The highest BCUT2D eigenvalue weighted by atomic mass is 32.1. The van der Waals surface area contributed by atoms with E-state index in [9.17, 15) is 0 Å². The summed E-state index contributed by atoms with van der Waals surface area (Å²) in [4.78, 5) is 6.66. The number of hydrogen-bond donors (Lipinski definition) is 1. The van der Waals surface area contributed by atoms with Crippen LogP contribution in [0.3, 0.4) is 0 Å². The number of rotatable bonds is 9. The van der Waals surface area contributed by atoms with Crippen molar-refractivity contribution < 1.29 is 14.2 Å². The van der Waals surface area contributed by atoms with E-state index in [1.54, 1.807) is 6.21 Å². The van der Waals surface area contributed by atoms with Crippen LogP contribution >= 0.6 is 11.3 Å². The molecule has 1 aromatic heterocycles. The molecular weight excluding hydrogens is 364 g/mol. The quantitative estimate of drug-likeness (QED) is 0.524. The zero-order chi connectivity index (χ0) is 18.9. The van der Waals surface area contributed by atoms with Crippen molar-refractivity contribution in [2.24, 2.45) is 5.10 Å². The molecule has 0 bridgehead atoms. The van der Waals surface area contributed by atoms with Crippen molar-refractivity contribution in [2.45, 2.75) is 13.8 Å². The number of benzene rings is 1. The number of nitrogens with zero attached hydrogens (tertiary/aromatic N) is 3. The summed E-state index contributed by atoms with van der Waals surface area (Å²) in [5.41, 5.74) is 4.85. The first kappa shape index (κ1) is 19.6. The van der Waals surface area contributed by atoms with E-state index in [0.29, 0.717) is 13.2 Å². The van der Waals surface area contributed by atoms with Crippen LogP contribution in [-0.2, 0) is 4.74 Å². The highest BCUT2D eigenvalue weighted by Crippen LogP contribution is 2.28. The minimum atomic E-state index is 0.580. The number of aryl methyl sites for hydroxylation is 1. The van der Waals surface area contributed by atoms with E-state index in [0.717, 1.165) is 60.7 Å². The van der Waals surface area contributed by atoms with Gasteiger partial charge in [-0.3, -0.25) is 10.3 Å². The van der Waals surface area contributed by atoms with Crippen molar-refractivity contribution in [3.63, 3.8) is 0 Å². The number of hydrogen-bond acceptors (Lipinski definition) is 8. The van der Waals surface area contributed by atoms with Gasteiger partial charge in [0.15, 0.2) is 11.5 Å². The molecule has 0 unspecified atom stereocenters. The van der Waals surface area contributed by atoms with Crippen LogP contribution in [0, 0.1) is 6.92 Å². The lowest BCUT2D eigenvalue weighted by molar-refractivity contribution is 0.0321. The molecule has 146 valence electrons. The van der Waals surface area contributed by atoms with Gasteiger partial charge in [-0.2, -0.15) is 5.10 Å². The van der Waals surface area contributed by atoms with Gasteiger partial charge in [0.25, 0.3) is 0 Å². The molecule has 8 heteroatoms. The SMILES string of the molecule is CCOc1cc(C=NNc2nc(C)cs2)ccc1OCCN1CCOCC1. The number of anilines is 1. The summed E-state index contributed by atoms with van der Waals surface area (Å²) < 4.78 is 17.1. The Balaban J connectivity index is 1.56. The first-order valence-corrected chi connectivity index (χ1v) is 10.0. The Hall–Kier alpha value is -2.16. The molecule has 1 saturated heterocycles. The summed E-state index contributed by atoms with van der Waals surface area (Å²) in [6.45, 7) is 9.53. The van der Waals surface area contributed by atoms with E-state index >= 15 is 0 Å². The van der Waals surface area contributed by atoms with Gasteiger partial charge in [-0.25, -0.2) is 4.98 Å². The molecular formula is C19H26N4O3S. The Morgan fingerprint density at radius 3 is 2.89 bits per heavy atom. The summed E-state index contributed by atoms with van der Waals surface area (Å²) in [6.07, 6.45) is 1.75. The van der Waals surface area contributed by atoms with Crippen LogP contribution in [0.1, 0.15) is 18.2 Å². The lowest BCUT2D eigenvalue weighted by Crippen LogP contribution is -2.38. The van der Waals surface area contributed by atoms with E-state index in [-0.39, 0.29) is 0 Å². The average molecular weight is 391 g/mol. The Kier molecular flexibility index (Phi) is 7.44. The molecule has 1 aliphatic rings. The Bertz CT molecular complexity index is 744. The van der Waals surface area contributed by atoms with Gasteiger partial charge >= 0.3 is 0 Å². The third-order valence-corrected chi connectivity index (χ3v) is 4.89. The summed E-state index contributed by atoms with van der Waals surface area (Å²) >= 11 is 1.53. The number of nitrogens with one attached hydrogen (secondary N) is 1.